The zero-order valence-corrected chi connectivity index (χ0v) is 25.9. The molecular formula is C25H43N8O8P. The average molecular weight is 615 g/mol. The highest BCUT2D eigenvalue weighted by molar-refractivity contribution is 7.50. The zero-order chi connectivity index (χ0) is 31.1. The normalized spacial score (nSPS) is 24.8. The molecule has 5 N–H and O–H groups in total. The summed E-state index contributed by atoms with van der Waals surface area (Å²) in [5.41, 5.74) is 5.10. The molecule has 236 valence electrons. The molecule has 3 heterocycles. The number of carbonyl (C=O) groups is 1. The quantitative estimate of drug-likeness (QED) is 0.122. The molecule has 2 aromatic heterocycles. The smallest absolute Gasteiger partial charge is 0.403 e. The number of hydrogen-bond donors (Lipinski definition) is 4. The summed E-state index contributed by atoms with van der Waals surface area (Å²) in [5, 5.41) is 21.6. The second-order valence-corrected chi connectivity index (χ2v) is 11.9. The maximum atomic E-state index is 12.8. The van der Waals surface area contributed by atoms with E-state index in [2.05, 4.69) is 44.1 Å². The van der Waals surface area contributed by atoms with Gasteiger partial charge in [-0.25, -0.2) is 14.6 Å². The first-order chi connectivity index (χ1) is 19.9. The number of imidazole rings is 1. The fourth-order valence-corrected chi connectivity index (χ4v) is 6.00. The molecule has 16 nitrogen and oxygen atoms in total. The number of aliphatic hydroxyl groups excluding tert-OH is 1. The zero-order valence-electron chi connectivity index (χ0n) is 25.0. The minimum absolute atomic E-state index is 0.0591. The van der Waals surface area contributed by atoms with E-state index in [1.807, 2.05) is 0 Å². The average Bonchev–Trinajstić information content (AvgIpc) is 3.44. The first-order valence-corrected chi connectivity index (χ1v) is 15.7. The highest BCUT2D eigenvalue weighted by atomic mass is 31.2. The third-order valence-corrected chi connectivity index (χ3v) is 8.20. The van der Waals surface area contributed by atoms with Gasteiger partial charge in [0.1, 0.15) is 18.2 Å². The van der Waals surface area contributed by atoms with Crippen molar-refractivity contribution in [2.45, 2.75) is 90.3 Å². The fourth-order valence-electron chi connectivity index (χ4n) is 4.98. The second-order valence-electron chi connectivity index (χ2n) is 10.4. The van der Waals surface area contributed by atoms with Crippen LogP contribution in [0.5, 0.6) is 5.88 Å². The van der Waals surface area contributed by atoms with Crippen molar-refractivity contribution in [3.63, 3.8) is 0 Å². The number of aliphatic hydroxyl groups is 1. The van der Waals surface area contributed by atoms with Crippen molar-refractivity contribution in [1.82, 2.24) is 24.6 Å². The Balaban J connectivity index is 1.71. The number of azo groups is 1. The number of nitrogens with one attached hydrogen (secondary N) is 1. The van der Waals surface area contributed by atoms with Crippen LogP contribution < -0.4 is 15.6 Å². The molecule has 1 aliphatic heterocycles. The van der Waals surface area contributed by atoms with Crippen molar-refractivity contribution in [3.8, 4) is 5.88 Å². The molecule has 3 rings (SSSR count). The molecule has 42 heavy (non-hydrogen) atoms. The Labute approximate surface area is 245 Å². The molecule has 0 radical (unpaired) electrons. The molecule has 1 fully saturated rings. The number of fused-ring (bicyclic) bond motifs is 1. The van der Waals surface area contributed by atoms with Gasteiger partial charge in [-0.15, -0.1) is 0 Å². The Morgan fingerprint density at radius 1 is 1.31 bits per heavy atom. The van der Waals surface area contributed by atoms with Crippen LogP contribution in [0.15, 0.2) is 16.6 Å². The minimum atomic E-state index is -4.52. The lowest BCUT2D eigenvalue weighted by Gasteiger charge is -2.27. The molecule has 0 spiro atoms. The topological polar surface area (TPSA) is 218 Å². The van der Waals surface area contributed by atoms with E-state index in [1.165, 1.54) is 24.9 Å². The van der Waals surface area contributed by atoms with Crippen molar-refractivity contribution in [2.24, 2.45) is 16.1 Å². The highest BCUT2D eigenvalue weighted by Gasteiger charge is 2.56. The summed E-state index contributed by atoms with van der Waals surface area (Å²) in [6.07, 6.45) is 1.74. The van der Waals surface area contributed by atoms with Gasteiger partial charge < -0.3 is 29.9 Å². The van der Waals surface area contributed by atoms with Crippen LogP contribution in [0.3, 0.4) is 0 Å². The van der Waals surface area contributed by atoms with Crippen LogP contribution in [0.4, 0.5) is 5.95 Å². The summed E-state index contributed by atoms with van der Waals surface area (Å²) in [7, 11) is -3.08. The Hall–Kier alpha value is -2.75. The van der Waals surface area contributed by atoms with Crippen molar-refractivity contribution < 1.29 is 38.1 Å². The van der Waals surface area contributed by atoms with Crippen LogP contribution in [0.25, 0.3) is 11.2 Å². The number of nitrogen functional groups attached to an aromatic ring is 1. The third-order valence-electron chi connectivity index (χ3n) is 6.99. The Morgan fingerprint density at radius 2 is 2.00 bits per heavy atom. The SMILES string of the molecule is CCCC(CCC)COC(=O)C(C)NP(=O)(O)OCC1OC(n2cnc3c(OCC)nc(N)nc32)C(C)(N=NC)C1O. The van der Waals surface area contributed by atoms with E-state index in [0.29, 0.717) is 12.1 Å². The molecule has 0 amide bonds. The molecule has 6 atom stereocenters. The van der Waals surface area contributed by atoms with Crippen molar-refractivity contribution in [1.29, 1.82) is 0 Å². The lowest BCUT2D eigenvalue weighted by atomic mass is 9.93. The van der Waals surface area contributed by atoms with Gasteiger partial charge >= 0.3 is 13.7 Å². The first kappa shape index (κ1) is 33.7. The van der Waals surface area contributed by atoms with Gasteiger partial charge in [-0.2, -0.15) is 20.2 Å². The van der Waals surface area contributed by atoms with Gasteiger partial charge in [-0.3, -0.25) is 13.9 Å². The van der Waals surface area contributed by atoms with Crippen molar-refractivity contribution in [3.05, 3.63) is 6.33 Å². The van der Waals surface area contributed by atoms with Gasteiger partial charge in [-0.05, 0) is 39.5 Å². The van der Waals surface area contributed by atoms with E-state index < -0.39 is 50.3 Å². The van der Waals surface area contributed by atoms with Crippen LogP contribution in [-0.2, 0) is 23.4 Å². The standard InChI is InChI=1S/C25H43N8O8P/c1-7-10-16(11-8-2)12-39-22(35)15(4)31-42(36,37)40-13-17-19(34)25(5,32-27-6)23(41-17)33-14-28-18-20(33)29-24(26)30-21(18)38-9-3/h14-17,19,23,34H,7-13H2,1-6H3,(H2,26,29,30)(H2,31,36,37). The fraction of sp³-hybridized carbons (Fsp3) is 0.760. The van der Waals surface area contributed by atoms with Gasteiger partial charge in [-0.1, -0.05) is 26.7 Å². The number of aromatic nitrogens is 4. The summed E-state index contributed by atoms with van der Waals surface area (Å²) >= 11 is 0. The third kappa shape index (κ3) is 7.79. The lowest BCUT2D eigenvalue weighted by Crippen LogP contribution is -2.43. The van der Waals surface area contributed by atoms with Crippen molar-refractivity contribution >= 4 is 30.8 Å². The molecule has 6 unspecified atom stereocenters. The first-order valence-electron chi connectivity index (χ1n) is 14.1. The number of carbonyl (C=O) groups excluding carboxylic acids is 1. The number of nitrogens with zero attached hydrogens (tertiary/aromatic N) is 6. The van der Waals surface area contributed by atoms with Crippen LogP contribution >= 0.6 is 7.75 Å². The maximum absolute atomic E-state index is 12.8. The number of hydrogen-bond acceptors (Lipinski definition) is 13. The molecule has 0 aliphatic carbocycles. The molecular weight excluding hydrogens is 571 g/mol. The molecule has 2 aromatic rings. The number of esters is 1. The molecule has 1 saturated heterocycles. The van der Waals surface area contributed by atoms with E-state index >= 15 is 0 Å². The van der Waals surface area contributed by atoms with Crippen LogP contribution in [-0.4, -0.2) is 86.1 Å². The predicted molar refractivity (Wildman–Crippen MR) is 153 cm³/mol. The van der Waals surface area contributed by atoms with E-state index in [-0.39, 0.29) is 30.0 Å². The lowest BCUT2D eigenvalue weighted by molar-refractivity contribution is -0.146. The number of rotatable bonds is 16. The Kier molecular flexibility index (Phi) is 11.7. The summed E-state index contributed by atoms with van der Waals surface area (Å²) in [4.78, 5) is 35.6. The largest absolute Gasteiger partial charge is 0.476 e. The van der Waals surface area contributed by atoms with Gasteiger partial charge in [0.15, 0.2) is 22.9 Å². The van der Waals surface area contributed by atoms with Gasteiger partial charge in [0, 0.05) is 7.05 Å². The molecule has 0 saturated carbocycles. The Bertz CT molecular complexity index is 1270. The van der Waals surface area contributed by atoms with E-state index in [1.54, 1.807) is 13.8 Å². The number of anilines is 1. The van der Waals surface area contributed by atoms with Gasteiger partial charge in [0.2, 0.25) is 11.8 Å². The predicted octanol–water partition coefficient (Wildman–Crippen LogP) is 2.76. The molecule has 17 heteroatoms. The van der Waals surface area contributed by atoms with Crippen LogP contribution in [0, 0.1) is 5.92 Å². The van der Waals surface area contributed by atoms with Crippen molar-refractivity contribution in [2.75, 3.05) is 32.6 Å². The second kappa shape index (κ2) is 14.6. The van der Waals surface area contributed by atoms with Gasteiger partial charge in [0.25, 0.3) is 0 Å². The van der Waals surface area contributed by atoms with Crippen LogP contribution in [0.1, 0.15) is 66.5 Å². The summed E-state index contributed by atoms with van der Waals surface area (Å²) in [5.74, 6) is -0.311. The summed E-state index contributed by atoms with van der Waals surface area (Å²) < 4.78 is 36.6. The molecule has 0 bridgehead atoms. The number of nitrogens with two attached hydrogens (primary N) is 1. The molecule has 0 aromatic carbocycles. The van der Waals surface area contributed by atoms with E-state index in [4.69, 9.17) is 24.5 Å². The monoisotopic (exact) mass is 614 g/mol. The molecule has 1 aliphatic rings. The Morgan fingerprint density at radius 3 is 2.62 bits per heavy atom. The van der Waals surface area contributed by atoms with E-state index in [0.717, 1.165) is 25.7 Å². The van der Waals surface area contributed by atoms with Gasteiger partial charge in [0.05, 0.1) is 26.1 Å². The summed E-state index contributed by atoms with van der Waals surface area (Å²) in [6.45, 7) is 8.98. The number of ether oxygens (including phenoxy) is 3. The van der Waals surface area contributed by atoms with Crippen LogP contribution in [0.2, 0.25) is 0 Å². The maximum Gasteiger partial charge on any atom is 0.403 e. The summed E-state index contributed by atoms with van der Waals surface area (Å²) in [6, 6.07) is -1.12. The van der Waals surface area contributed by atoms with E-state index in [9.17, 15) is 19.4 Å². The highest BCUT2D eigenvalue weighted by Crippen LogP contribution is 2.45. The minimum Gasteiger partial charge on any atom is -0.476 e.